The van der Waals surface area contributed by atoms with E-state index in [9.17, 15) is 13.2 Å². The van der Waals surface area contributed by atoms with Gasteiger partial charge in [-0.1, -0.05) is 39.7 Å². The molecule has 0 atom stereocenters. The minimum Gasteiger partial charge on any atom is -0.353 e. The number of halogens is 5. The number of hydrogen-bond acceptors (Lipinski definition) is 1. The first-order valence-electron chi connectivity index (χ1n) is 8.18. The lowest BCUT2D eigenvalue weighted by atomic mass is 9.99. The lowest BCUT2D eigenvalue weighted by molar-refractivity contribution is -0.137. The SMILES string of the molecule is NCCCCc1c(-c2ccc(C(F)(F)F)cc2)[nH]c2c(Cl)cc(Br)cc12. The molecular weight excluding hydrogens is 429 g/mol. The molecule has 138 valence electrons. The topological polar surface area (TPSA) is 41.8 Å². The molecule has 0 amide bonds. The van der Waals surface area contributed by atoms with E-state index in [0.717, 1.165) is 58.0 Å². The molecule has 0 aliphatic carbocycles. The summed E-state index contributed by atoms with van der Waals surface area (Å²) in [5, 5.41) is 1.53. The molecule has 0 fully saturated rings. The van der Waals surface area contributed by atoms with Crippen LogP contribution in [0.4, 0.5) is 13.2 Å². The summed E-state index contributed by atoms with van der Waals surface area (Å²) in [5.41, 5.74) is 8.25. The number of aromatic amines is 1. The number of aromatic nitrogens is 1. The molecule has 0 unspecified atom stereocenters. The first-order chi connectivity index (χ1) is 12.3. The summed E-state index contributed by atoms with van der Waals surface area (Å²) >= 11 is 9.80. The van der Waals surface area contributed by atoms with Crippen LogP contribution in [-0.2, 0) is 12.6 Å². The zero-order valence-corrected chi connectivity index (χ0v) is 16.1. The maximum absolute atomic E-state index is 12.8. The number of alkyl halides is 3. The van der Waals surface area contributed by atoms with Gasteiger partial charge >= 0.3 is 6.18 Å². The van der Waals surface area contributed by atoms with Crippen LogP contribution >= 0.6 is 27.5 Å². The van der Waals surface area contributed by atoms with E-state index in [4.69, 9.17) is 17.3 Å². The number of benzene rings is 2. The lowest BCUT2D eigenvalue weighted by Gasteiger charge is -2.09. The number of unbranched alkanes of at least 4 members (excludes halogenated alkanes) is 1. The summed E-state index contributed by atoms with van der Waals surface area (Å²) in [7, 11) is 0. The molecule has 0 saturated carbocycles. The average Bonchev–Trinajstić information content (AvgIpc) is 2.93. The molecule has 7 heteroatoms. The van der Waals surface area contributed by atoms with Gasteiger partial charge in [0, 0.05) is 15.6 Å². The molecule has 1 heterocycles. The van der Waals surface area contributed by atoms with Crippen LogP contribution in [0.1, 0.15) is 24.0 Å². The van der Waals surface area contributed by atoms with Crippen LogP contribution in [0.2, 0.25) is 5.02 Å². The molecule has 0 spiro atoms. The van der Waals surface area contributed by atoms with Crippen molar-refractivity contribution in [3.8, 4) is 11.3 Å². The maximum Gasteiger partial charge on any atom is 0.416 e. The number of aryl methyl sites for hydroxylation is 1. The molecule has 26 heavy (non-hydrogen) atoms. The highest BCUT2D eigenvalue weighted by molar-refractivity contribution is 9.10. The Balaban J connectivity index is 2.11. The second-order valence-corrected chi connectivity index (χ2v) is 7.43. The van der Waals surface area contributed by atoms with Gasteiger partial charge in [0.25, 0.3) is 0 Å². The van der Waals surface area contributed by atoms with Crippen LogP contribution in [0.5, 0.6) is 0 Å². The third-order valence-corrected chi connectivity index (χ3v) is 5.07. The van der Waals surface area contributed by atoms with Crippen LogP contribution in [0.25, 0.3) is 22.2 Å². The zero-order chi connectivity index (χ0) is 18.9. The third kappa shape index (κ3) is 3.92. The van der Waals surface area contributed by atoms with Crippen molar-refractivity contribution in [2.24, 2.45) is 5.73 Å². The van der Waals surface area contributed by atoms with Crippen molar-refractivity contribution in [2.45, 2.75) is 25.4 Å². The number of nitrogens with one attached hydrogen (secondary N) is 1. The zero-order valence-electron chi connectivity index (χ0n) is 13.8. The van der Waals surface area contributed by atoms with Crippen LogP contribution < -0.4 is 5.73 Å². The highest BCUT2D eigenvalue weighted by atomic mass is 79.9. The van der Waals surface area contributed by atoms with Crippen LogP contribution in [-0.4, -0.2) is 11.5 Å². The predicted octanol–water partition coefficient (Wildman–Crippen LogP) is 6.55. The second-order valence-electron chi connectivity index (χ2n) is 6.11. The molecule has 3 aromatic rings. The maximum atomic E-state index is 12.8. The van der Waals surface area contributed by atoms with E-state index in [-0.39, 0.29) is 0 Å². The largest absolute Gasteiger partial charge is 0.416 e. The highest BCUT2D eigenvalue weighted by Crippen LogP contribution is 2.38. The minimum atomic E-state index is -4.35. The van der Waals surface area contributed by atoms with Crippen molar-refractivity contribution in [2.75, 3.05) is 6.54 Å². The first kappa shape index (κ1) is 19.3. The van der Waals surface area contributed by atoms with E-state index in [1.54, 1.807) is 6.07 Å². The van der Waals surface area contributed by atoms with Crippen molar-refractivity contribution >= 4 is 38.4 Å². The number of fused-ring (bicyclic) bond motifs is 1. The van der Waals surface area contributed by atoms with Gasteiger partial charge in [0.15, 0.2) is 0 Å². The van der Waals surface area contributed by atoms with Gasteiger partial charge in [0.1, 0.15) is 0 Å². The van der Waals surface area contributed by atoms with Crippen LogP contribution in [0, 0.1) is 0 Å². The molecule has 3 rings (SSSR count). The Morgan fingerprint density at radius 1 is 1.08 bits per heavy atom. The Morgan fingerprint density at radius 2 is 1.77 bits per heavy atom. The van der Waals surface area contributed by atoms with Gasteiger partial charge in [-0.3, -0.25) is 0 Å². The summed E-state index contributed by atoms with van der Waals surface area (Å²) in [5.74, 6) is 0. The standard InChI is InChI=1S/C19H17BrClF3N2/c20-13-9-15-14(3-1-2-8-25)17(26-18(15)16(21)10-13)11-4-6-12(7-5-11)19(22,23)24/h4-7,9-10,26H,1-3,8,25H2. The molecule has 0 bridgehead atoms. The van der Waals surface area contributed by atoms with Gasteiger partial charge in [-0.25, -0.2) is 0 Å². The number of nitrogens with two attached hydrogens (primary N) is 1. The first-order valence-corrected chi connectivity index (χ1v) is 9.35. The minimum absolute atomic E-state index is 0.563. The second kappa shape index (κ2) is 7.62. The summed E-state index contributed by atoms with van der Waals surface area (Å²) in [6.07, 6.45) is -1.82. The van der Waals surface area contributed by atoms with E-state index in [0.29, 0.717) is 17.1 Å². The summed E-state index contributed by atoms with van der Waals surface area (Å²) in [6.45, 7) is 0.600. The number of rotatable bonds is 5. The predicted molar refractivity (Wildman–Crippen MR) is 103 cm³/mol. The molecule has 2 aromatic carbocycles. The molecular formula is C19H17BrClF3N2. The van der Waals surface area contributed by atoms with E-state index < -0.39 is 11.7 Å². The molecule has 2 nitrogen and oxygen atoms in total. The summed E-state index contributed by atoms with van der Waals surface area (Å²) in [4.78, 5) is 3.30. The summed E-state index contributed by atoms with van der Waals surface area (Å²) in [6, 6.07) is 8.94. The smallest absolute Gasteiger partial charge is 0.353 e. The van der Waals surface area contributed by atoms with E-state index >= 15 is 0 Å². The van der Waals surface area contributed by atoms with Gasteiger partial charge < -0.3 is 10.7 Å². The molecule has 0 aliphatic heterocycles. The van der Waals surface area contributed by atoms with Gasteiger partial charge in [0.2, 0.25) is 0 Å². The fourth-order valence-corrected chi connectivity index (χ4v) is 3.91. The monoisotopic (exact) mass is 444 g/mol. The number of H-pyrrole nitrogens is 1. The van der Waals surface area contributed by atoms with Gasteiger partial charge in [0.05, 0.1) is 16.1 Å². The van der Waals surface area contributed by atoms with Crippen molar-refractivity contribution in [3.63, 3.8) is 0 Å². The quantitative estimate of drug-likeness (QED) is 0.430. The van der Waals surface area contributed by atoms with Crippen molar-refractivity contribution in [1.29, 1.82) is 0 Å². The van der Waals surface area contributed by atoms with Crippen LogP contribution in [0.3, 0.4) is 0 Å². The van der Waals surface area contributed by atoms with E-state index in [1.807, 2.05) is 6.07 Å². The van der Waals surface area contributed by atoms with Gasteiger partial charge in [-0.2, -0.15) is 13.2 Å². The molecule has 0 radical (unpaired) electrons. The Bertz CT molecular complexity index is 917. The Morgan fingerprint density at radius 3 is 2.38 bits per heavy atom. The Hall–Kier alpha value is -1.50. The van der Waals surface area contributed by atoms with E-state index in [2.05, 4.69) is 20.9 Å². The highest BCUT2D eigenvalue weighted by Gasteiger charge is 2.30. The fraction of sp³-hybridized carbons (Fsp3) is 0.263. The molecule has 0 aliphatic rings. The van der Waals surface area contributed by atoms with Crippen molar-refractivity contribution in [3.05, 3.63) is 57.0 Å². The van der Waals surface area contributed by atoms with Crippen molar-refractivity contribution in [1.82, 2.24) is 4.98 Å². The molecule has 3 N–H and O–H groups in total. The summed E-state index contributed by atoms with van der Waals surface area (Å²) < 4.78 is 39.3. The third-order valence-electron chi connectivity index (χ3n) is 4.31. The number of hydrogen-bond donors (Lipinski definition) is 2. The molecule has 0 saturated heterocycles. The normalized spacial score (nSPS) is 12.1. The molecule has 1 aromatic heterocycles. The van der Waals surface area contributed by atoms with Crippen molar-refractivity contribution < 1.29 is 13.2 Å². The van der Waals surface area contributed by atoms with E-state index in [1.165, 1.54) is 12.1 Å². The van der Waals surface area contributed by atoms with Crippen LogP contribution in [0.15, 0.2) is 40.9 Å². The Labute approximate surface area is 162 Å². The van der Waals surface area contributed by atoms with Gasteiger partial charge in [-0.05, 0) is 61.2 Å². The fourth-order valence-electron chi connectivity index (χ4n) is 3.05. The average molecular weight is 446 g/mol. The van der Waals surface area contributed by atoms with Gasteiger partial charge in [-0.15, -0.1) is 0 Å². The Kier molecular flexibility index (Phi) is 5.65. The lowest BCUT2D eigenvalue weighted by Crippen LogP contribution is -2.04.